The molecule has 7 nitrogen and oxygen atoms in total. The number of nitrogens with one attached hydrogen (secondary N) is 1. The molecule has 51 heavy (non-hydrogen) atoms. The summed E-state index contributed by atoms with van der Waals surface area (Å²) in [6, 6.07) is 10.0. The topological polar surface area (TPSA) is 73.8 Å². The first-order chi connectivity index (χ1) is 24.3. The number of halogens is 4. The first-order valence-corrected chi connectivity index (χ1v) is 18.5. The molecule has 5 unspecified atom stereocenters. The summed E-state index contributed by atoms with van der Waals surface area (Å²) < 4.78 is 69.5. The molecule has 6 atom stereocenters. The number of hydrogen-bond acceptors (Lipinski definition) is 7. The number of phenols is 1. The van der Waals surface area contributed by atoms with Gasteiger partial charge in [0, 0.05) is 58.7 Å². The van der Waals surface area contributed by atoms with E-state index in [1.165, 1.54) is 12.1 Å². The van der Waals surface area contributed by atoms with Crippen LogP contribution in [0.15, 0.2) is 36.4 Å². The molecular formula is C40H45F4N5O2. The maximum atomic E-state index is 17.5. The molecule has 4 saturated heterocycles. The molecule has 3 aromatic carbocycles. The van der Waals surface area contributed by atoms with E-state index in [-0.39, 0.29) is 63.4 Å². The molecule has 5 fully saturated rings. The highest BCUT2D eigenvalue weighted by Gasteiger charge is 2.50. The molecule has 5 heterocycles. The van der Waals surface area contributed by atoms with Crippen LogP contribution in [0, 0.1) is 11.2 Å². The van der Waals surface area contributed by atoms with Gasteiger partial charge < -0.3 is 20.1 Å². The maximum Gasteiger partial charge on any atom is 0.319 e. The van der Waals surface area contributed by atoms with E-state index >= 15 is 17.6 Å². The number of benzene rings is 3. The largest absolute Gasteiger partial charge is 0.508 e. The van der Waals surface area contributed by atoms with Crippen LogP contribution in [-0.4, -0.2) is 76.1 Å². The normalized spacial score (nSPS) is 31.9. The van der Waals surface area contributed by atoms with Gasteiger partial charge >= 0.3 is 6.01 Å². The summed E-state index contributed by atoms with van der Waals surface area (Å²) >= 11 is 0. The zero-order valence-corrected chi connectivity index (χ0v) is 29.4. The van der Waals surface area contributed by atoms with Crippen LogP contribution in [0.25, 0.3) is 32.8 Å². The molecule has 2 N–H and O–H groups in total. The highest BCUT2D eigenvalue weighted by atomic mass is 19.3. The lowest BCUT2D eigenvalue weighted by Crippen LogP contribution is -2.63. The number of phenolic OH excluding ortho intramolecular Hbond substituents is 1. The minimum atomic E-state index is -3.02. The highest BCUT2D eigenvalue weighted by molar-refractivity contribution is 6.04. The molecule has 5 aliphatic rings. The number of piperazine rings is 1. The molecule has 0 radical (unpaired) electrons. The van der Waals surface area contributed by atoms with Crippen LogP contribution in [0.1, 0.15) is 89.2 Å². The molecule has 0 amide bonds. The average molecular weight is 704 g/mol. The van der Waals surface area contributed by atoms with Gasteiger partial charge in [-0.3, -0.25) is 4.90 Å². The van der Waals surface area contributed by atoms with Gasteiger partial charge in [-0.15, -0.1) is 0 Å². The number of aromatic nitrogens is 2. The lowest BCUT2D eigenvalue weighted by Gasteiger charge is -2.53. The van der Waals surface area contributed by atoms with Crippen LogP contribution < -0.4 is 15.0 Å². The number of rotatable bonds is 7. The second-order valence-electron chi connectivity index (χ2n) is 16.7. The third-order valence-electron chi connectivity index (χ3n) is 12.8. The van der Waals surface area contributed by atoms with Crippen molar-refractivity contribution >= 4 is 27.5 Å². The van der Waals surface area contributed by atoms with Crippen molar-refractivity contribution in [3.05, 3.63) is 53.3 Å². The van der Waals surface area contributed by atoms with Gasteiger partial charge in [0.25, 0.3) is 6.43 Å². The Hall–Kier alpha value is -3.70. The van der Waals surface area contributed by atoms with Crippen molar-refractivity contribution in [2.75, 3.05) is 37.7 Å². The van der Waals surface area contributed by atoms with E-state index in [9.17, 15) is 5.11 Å². The van der Waals surface area contributed by atoms with E-state index in [4.69, 9.17) is 9.72 Å². The molecular weight excluding hydrogens is 658 g/mol. The average Bonchev–Trinajstić information content (AvgIpc) is 3.89. The van der Waals surface area contributed by atoms with Crippen LogP contribution >= 0.6 is 0 Å². The number of aromatic hydroxyl groups is 1. The smallest absolute Gasteiger partial charge is 0.319 e. The first kappa shape index (κ1) is 33.2. The van der Waals surface area contributed by atoms with Crippen molar-refractivity contribution < 1.29 is 27.4 Å². The van der Waals surface area contributed by atoms with Gasteiger partial charge in [0.05, 0.1) is 6.61 Å². The van der Waals surface area contributed by atoms with Gasteiger partial charge in [-0.1, -0.05) is 18.2 Å². The number of hydrogen-bond donors (Lipinski definition) is 2. The predicted molar refractivity (Wildman–Crippen MR) is 190 cm³/mol. The Morgan fingerprint density at radius 2 is 1.82 bits per heavy atom. The SMILES string of the molecule is CC1N2CCCC1(COc1nc(N3CC4(C)CCC(C)(C3)N4)c3cc(C(F)F)c(-c4cc(O)cc5cccc(C6CC6)c45)c(F)c3n1)C[C@@H](F)C2. The lowest BCUT2D eigenvalue weighted by molar-refractivity contribution is -0.0790. The van der Waals surface area contributed by atoms with E-state index in [2.05, 4.69) is 40.9 Å². The quantitative estimate of drug-likeness (QED) is 0.187. The fourth-order valence-electron chi connectivity index (χ4n) is 10.2. The van der Waals surface area contributed by atoms with Crippen LogP contribution in [0.5, 0.6) is 11.8 Å². The van der Waals surface area contributed by atoms with E-state index < -0.39 is 29.4 Å². The van der Waals surface area contributed by atoms with Crippen molar-refractivity contribution in [1.29, 1.82) is 0 Å². The Bertz CT molecular complexity index is 2040. The predicted octanol–water partition coefficient (Wildman–Crippen LogP) is 8.42. The van der Waals surface area contributed by atoms with Crippen molar-refractivity contribution in [1.82, 2.24) is 20.2 Å². The van der Waals surface area contributed by atoms with Crippen molar-refractivity contribution in [3.63, 3.8) is 0 Å². The summed E-state index contributed by atoms with van der Waals surface area (Å²) in [5, 5.41) is 16.1. The number of ether oxygens (including phenoxy) is 1. The van der Waals surface area contributed by atoms with Crippen LogP contribution in [0.4, 0.5) is 23.4 Å². The van der Waals surface area contributed by atoms with E-state index in [1.54, 1.807) is 6.07 Å². The number of anilines is 1. The Kier molecular flexibility index (Phi) is 7.58. The third kappa shape index (κ3) is 5.52. The fourth-order valence-corrected chi connectivity index (χ4v) is 10.2. The van der Waals surface area contributed by atoms with E-state index in [1.807, 2.05) is 18.2 Å². The molecule has 1 aromatic heterocycles. The number of nitrogens with zero attached hydrogens (tertiary/aromatic N) is 4. The molecule has 1 aliphatic carbocycles. The lowest BCUT2D eigenvalue weighted by atomic mass is 9.68. The summed E-state index contributed by atoms with van der Waals surface area (Å²) in [4.78, 5) is 13.8. The number of fused-ring (bicyclic) bond motifs is 6. The van der Waals surface area contributed by atoms with Crippen molar-refractivity contribution in [2.24, 2.45) is 5.41 Å². The minimum absolute atomic E-state index is 0.0487. The van der Waals surface area contributed by atoms with Crippen molar-refractivity contribution in [3.8, 4) is 22.9 Å². The Balaban J connectivity index is 1.24. The molecule has 11 heteroatoms. The van der Waals surface area contributed by atoms with Crippen molar-refractivity contribution in [2.45, 2.75) is 101 Å². The molecule has 4 bridgehead atoms. The van der Waals surface area contributed by atoms with E-state index in [0.29, 0.717) is 42.6 Å². The highest BCUT2D eigenvalue weighted by Crippen LogP contribution is 2.50. The Labute approximate surface area is 295 Å². The number of piperidine rings is 2. The molecule has 9 rings (SSSR count). The summed E-state index contributed by atoms with van der Waals surface area (Å²) in [6.07, 6.45) is 1.89. The summed E-state index contributed by atoms with van der Waals surface area (Å²) in [5.41, 5.74) is -0.620. The van der Waals surface area contributed by atoms with Gasteiger partial charge in [-0.25, -0.2) is 17.6 Å². The van der Waals surface area contributed by atoms with Gasteiger partial charge in [0.15, 0.2) is 5.82 Å². The van der Waals surface area contributed by atoms with Gasteiger partial charge in [0.2, 0.25) is 0 Å². The van der Waals surface area contributed by atoms with Crippen LogP contribution in [0.3, 0.4) is 0 Å². The number of alkyl halides is 3. The zero-order valence-electron chi connectivity index (χ0n) is 29.4. The van der Waals surface area contributed by atoms with Crippen LogP contribution in [0.2, 0.25) is 0 Å². The molecule has 0 spiro atoms. The van der Waals surface area contributed by atoms with Crippen LogP contribution in [-0.2, 0) is 0 Å². The summed E-state index contributed by atoms with van der Waals surface area (Å²) in [7, 11) is 0. The van der Waals surface area contributed by atoms with Gasteiger partial charge in [0.1, 0.15) is 23.3 Å². The zero-order chi connectivity index (χ0) is 35.4. The molecule has 4 aliphatic heterocycles. The first-order valence-electron chi connectivity index (χ1n) is 18.5. The second-order valence-corrected chi connectivity index (χ2v) is 16.7. The standard InChI is InChI=1S/C40H45F4N5O2/c1-22-40(10-5-13-48(22)18-25(41)17-40)21-51-37-45-34-30(36(46-37)49-19-38(2)11-12-39(3,20-49)47-38)16-29(35(43)44)32(33(34)42)28-15-26(50)14-24-6-4-7-27(31(24)28)23-8-9-23/h4,6-7,14-16,22-23,25,35,47,50H,5,8-13,17-21H2,1-3H3/t22?,25-,38?,39?,40?/m1/s1. The summed E-state index contributed by atoms with van der Waals surface area (Å²) in [5.74, 6) is -0.438. The van der Waals surface area contributed by atoms with E-state index in [0.717, 1.165) is 50.6 Å². The Morgan fingerprint density at radius 1 is 1.06 bits per heavy atom. The fraction of sp³-hybridized carbons (Fsp3) is 0.550. The molecule has 1 saturated carbocycles. The third-order valence-corrected chi connectivity index (χ3v) is 12.8. The summed E-state index contributed by atoms with van der Waals surface area (Å²) in [6.45, 7) is 8.91. The molecule has 270 valence electrons. The minimum Gasteiger partial charge on any atom is -0.508 e. The van der Waals surface area contributed by atoms with Gasteiger partial charge in [-0.05, 0) is 118 Å². The monoisotopic (exact) mass is 703 g/mol. The Morgan fingerprint density at radius 3 is 2.55 bits per heavy atom. The molecule has 4 aromatic rings. The maximum absolute atomic E-state index is 17.5. The second kappa shape index (κ2) is 11.7. The van der Waals surface area contributed by atoms with Gasteiger partial charge in [-0.2, -0.15) is 9.97 Å².